The fourth-order valence-corrected chi connectivity index (χ4v) is 3.01. The Kier molecular flexibility index (Phi) is 3.46. The van der Waals surface area contributed by atoms with Crippen LogP contribution in [0.3, 0.4) is 0 Å². The third kappa shape index (κ3) is 2.65. The third-order valence-corrected chi connectivity index (χ3v) is 4.23. The highest BCUT2D eigenvalue weighted by Crippen LogP contribution is 2.26. The number of benzene rings is 2. The normalized spacial score (nSPS) is 16.6. The number of aromatic amines is 1. The van der Waals surface area contributed by atoms with Crippen molar-refractivity contribution in [2.45, 2.75) is 6.42 Å². The molecular weight excluding hydrogens is 290 g/mol. The molecule has 5 nitrogen and oxygen atoms in total. The lowest BCUT2D eigenvalue weighted by Crippen LogP contribution is -2.34. The van der Waals surface area contributed by atoms with Gasteiger partial charge in [0.05, 0.1) is 23.9 Å². The van der Waals surface area contributed by atoms with E-state index in [1.807, 2.05) is 36.4 Å². The minimum absolute atomic E-state index is 0.0845. The third-order valence-electron chi connectivity index (χ3n) is 4.23. The van der Waals surface area contributed by atoms with Crippen LogP contribution in [0.4, 0.5) is 0 Å². The summed E-state index contributed by atoms with van der Waals surface area (Å²) in [6.07, 6.45) is 2.64. The van der Waals surface area contributed by atoms with Crippen LogP contribution in [0, 0.1) is 5.92 Å². The molecule has 5 heteroatoms. The Labute approximate surface area is 133 Å². The summed E-state index contributed by atoms with van der Waals surface area (Å²) in [5, 5.41) is 10.8. The maximum absolute atomic E-state index is 12.4. The lowest BCUT2D eigenvalue weighted by molar-refractivity contribution is 0.0940. The van der Waals surface area contributed by atoms with E-state index in [0.717, 1.165) is 23.1 Å². The number of amides is 1. The SMILES string of the molecule is O=C(NCC1COc2ccccc2C1)c1cccc2cn[nH]c12. The van der Waals surface area contributed by atoms with Crippen molar-refractivity contribution in [2.24, 2.45) is 5.92 Å². The Bertz CT molecular complexity index is 856. The van der Waals surface area contributed by atoms with Crippen molar-refractivity contribution in [1.82, 2.24) is 15.5 Å². The first kappa shape index (κ1) is 13.8. The maximum atomic E-state index is 12.4. The van der Waals surface area contributed by atoms with Gasteiger partial charge in [0.2, 0.25) is 0 Å². The quantitative estimate of drug-likeness (QED) is 0.781. The number of carbonyl (C=O) groups is 1. The van der Waals surface area contributed by atoms with Gasteiger partial charge in [-0.2, -0.15) is 5.10 Å². The molecule has 2 aromatic carbocycles. The number of hydrogen-bond acceptors (Lipinski definition) is 3. The molecular formula is C18H17N3O2. The monoisotopic (exact) mass is 307 g/mol. The smallest absolute Gasteiger partial charge is 0.253 e. The van der Waals surface area contributed by atoms with Gasteiger partial charge < -0.3 is 10.1 Å². The number of para-hydroxylation sites is 2. The number of rotatable bonds is 3. The van der Waals surface area contributed by atoms with E-state index in [-0.39, 0.29) is 11.8 Å². The van der Waals surface area contributed by atoms with E-state index in [0.29, 0.717) is 18.7 Å². The zero-order chi connectivity index (χ0) is 15.6. The van der Waals surface area contributed by atoms with Gasteiger partial charge in [0, 0.05) is 17.8 Å². The van der Waals surface area contributed by atoms with E-state index in [4.69, 9.17) is 4.74 Å². The van der Waals surface area contributed by atoms with Crippen LogP contribution < -0.4 is 10.1 Å². The zero-order valence-electron chi connectivity index (χ0n) is 12.6. The molecule has 2 heterocycles. The van der Waals surface area contributed by atoms with E-state index in [1.165, 1.54) is 5.56 Å². The van der Waals surface area contributed by atoms with Gasteiger partial charge in [0.15, 0.2) is 0 Å². The summed E-state index contributed by atoms with van der Waals surface area (Å²) in [5.74, 6) is 1.16. The zero-order valence-corrected chi connectivity index (χ0v) is 12.6. The van der Waals surface area contributed by atoms with Crippen molar-refractivity contribution < 1.29 is 9.53 Å². The topological polar surface area (TPSA) is 67.0 Å². The second kappa shape index (κ2) is 5.76. The van der Waals surface area contributed by atoms with Crippen molar-refractivity contribution in [3.63, 3.8) is 0 Å². The molecule has 0 saturated carbocycles. The van der Waals surface area contributed by atoms with E-state index in [1.54, 1.807) is 6.20 Å². The van der Waals surface area contributed by atoms with Crippen LogP contribution in [0.1, 0.15) is 15.9 Å². The summed E-state index contributed by atoms with van der Waals surface area (Å²) >= 11 is 0. The number of H-pyrrole nitrogens is 1. The van der Waals surface area contributed by atoms with Crippen LogP contribution in [-0.2, 0) is 6.42 Å². The number of nitrogens with zero attached hydrogens (tertiary/aromatic N) is 1. The average Bonchev–Trinajstić information content (AvgIpc) is 3.08. The van der Waals surface area contributed by atoms with E-state index in [2.05, 4.69) is 21.6 Å². The second-order valence-electron chi connectivity index (χ2n) is 5.84. The van der Waals surface area contributed by atoms with Crippen LogP contribution in [0.25, 0.3) is 10.9 Å². The predicted molar refractivity (Wildman–Crippen MR) is 87.6 cm³/mol. The van der Waals surface area contributed by atoms with Gasteiger partial charge in [0.1, 0.15) is 5.75 Å². The van der Waals surface area contributed by atoms with Gasteiger partial charge in [-0.15, -0.1) is 0 Å². The molecule has 0 fully saturated rings. The molecule has 1 aliphatic rings. The highest BCUT2D eigenvalue weighted by Gasteiger charge is 2.20. The summed E-state index contributed by atoms with van der Waals surface area (Å²) in [4.78, 5) is 12.4. The molecule has 4 rings (SSSR count). The van der Waals surface area contributed by atoms with E-state index in [9.17, 15) is 4.79 Å². The number of hydrogen-bond donors (Lipinski definition) is 2. The number of fused-ring (bicyclic) bond motifs is 2. The minimum atomic E-state index is -0.0845. The van der Waals surface area contributed by atoms with Crippen LogP contribution in [-0.4, -0.2) is 29.3 Å². The lowest BCUT2D eigenvalue weighted by Gasteiger charge is -2.25. The van der Waals surface area contributed by atoms with Crippen molar-refractivity contribution in [1.29, 1.82) is 0 Å². The van der Waals surface area contributed by atoms with Crippen LogP contribution in [0.2, 0.25) is 0 Å². The van der Waals surface area contributed by atoms with Crippen molar-refractivity contribution >= 4 is 16.8 Å². The molecule has 1 unspecified atom stereocenters. The summed E-state index contributed by atoms with van der Waals surface area (Å²) < 4.78 is 5.76. The largest absolute Gasteiger partial charge is 0.493 e. The molecule has 0 aliphatic carbocycles. The second-order valence-corrected chi connectivity index (χ2v) is 5.84. The Hall–Kier alpha value is -2.82. The first-order chi connectivity index (χ1) is 11.3. The van der Waals surface area contributed by atoms with Gasteiger partial charge in [-0.1, -0.05) is 30.3 Å². The van der Waals surface area contributed by atoms with Crippen LogP contribution >= 0.6 is 0 Å². The number of carbonyl (C=O) groups excluding carboxylic acids is 1. The molecule has 0 saturated heterocycles. The first-order valence-electron chi connectivity index (χ1n) is 7.72. The Morgan fingerprint density at radius 1 is 1.26 bits per heavy atom. The minimum Gasteiger partial charge on any atom is -0.493 e. The van der Waals surface area contributed by atoms with Gasteiger partial charge in [0.25, 0.3) is 5.91 Å². The molecule has 1 aromatic heterocycles. The molecule has 0 radical (unpaired) electrons. The number of aromatic nitrogens is 2. The Balaban J connectivity index is 1.44. The van der Waals surface area contributed by atoms with Crippen molar-refractivity contribution in [3.05, 3.63) is 59.8 Å². The fourth-order valence-electron chi connectivity index (χ4n) is 3.01. The number of ether oxygens (including phenoxy) is 1. The lowest BCUT2D eigenvalue weighted by atomic mass is 9.96. The molecule has 1 atom stereocenters. The Morgan fingerprint density at radius 3 is 3.13 bits per heavy atom. The van der Waals surface area contributed by atoms with Gasteiger partial charge >= 0.3 is 0 Å². The highest BCUT2D eigenvalue weighted by molar-refractivity contribution is 6.05. The van der Waals surface area contributed by atoms with Crippen LogP contribution in [0.5, 0.6) is 5.75 Å². The van der Waals surface area contributed by atoms with E-state index < -0.39 is 0 Å². The van der Waals surface area contributed by atoms with E-state index >= 15 is 0 Å². The molecule has 1 amide bonds. The molecule has 116 valence electrons. The van der Waals surface area contributed by atoms with Crippen molar-refractivity contribution in [3.8, 4) is 5.75 Å². The molecule has 2 N–H and O–H groups in total. The molecule has 1 aliphatic heterocycles. The molecule has 0 bridgehead atoms. The van der Waals surface area contributed by atoms with Gasteiger partial charge in [-0.05, 0) is 24.1 Å². The highest BCUT2D eigenvalue weighted by atomic mass is 16.5. The number of nitrogens with one attached hydrogen (secondary N) is 2. The maximum Gasteiger partial charge on any atom is 0.253 e. The Morgan fingerprint density at radius 2 is 2.17 bits per heavy atom. The molecule has 23 heavy (non-hydrogen) atoms. The standard InChI is InChI=1S/C18H17N3O2/c22-18(15-6-3-5-14-10-20-21-17(14)15)19-9-12-8-13-4-1-2-7-16(13)23-11-12/h1-7,10,12H,8-9,11H2,(H,19,22)(H,20,21). The predicted octanol–water partition coefficient (Wildman–Crippen LogP) is 2.54. The summed E-state index contributed by atoms with van der Waals surface area (Å²) in [6.45, 7) is 1.23. The van der Waals surface area contributed by atoms with Crippen molar-refractivity contribution in [2.75, 3.05) is 13.2 Å². The summed E-state index contributed by atoms with van der Waals surface area (Å²) in [7, 11) is 0. The summed E-state index contributed by atoms with van der Waals surface area (Å²) in [5.41, 5.74) is 2.60. The molecule has 3 aromatic rings. The first-order valence-corrected chi connectivity index (χ1v) is 7.72. The van der Waals surface area contributed by atoms with Gasteiger partial charge in [-0.25, -0.2) is 0 Å². The molecule has 0 spiro atoms. The van der Waals surface area contributed by atoms with Gasteiger partial charge in [-0.3, -0.25) is 9.89 Å². The fraction of sp³-hybridized carbons (Fsp3) is 0.222. The average molecular weight is 307 g/mol. The summed E-state index contributed by atoms with van der Waals surface area (Å²) in [6, 6.07) is 13.7. The van der Waals surface area contributed by atoms with Crippen LogP contribution in [0.15, 0.2) is 48.7 Å².